The van der Waals surface area contributed by atoms with E-state index in [0.29, 0.717) is 0 Å². The predicted octanol–water partition coefficient (Wildman–Crippen LogP) is -4.47. The Morgan fingerprint density at radius 1 is 1.17 bits per heavy atom. The van der Waals surface area contributed by atoms with E-state index in [1.54, 1.807) is 4.90 Å². The Labute approximate surface area is 100 Å². The molecule has 0 saturated carbocycles. The summed E-state index contributed by atoms with van der Waals surface area (Å²) >= 11 is 4.39. The molecule has 0 bridgehead atoms. The molecule has 12 heavy (non-hydrogen) atoms. The van der Waals surface area contributed by atoms with Crippen molar-refractivity contribution in [2.24, 2.45) is 0 Å². The van der Waals surface area contributed by atoms with E-state index in [0.717, 1.165) is 13.1 Å². The first kappa shape index (κ1) is 29.4. The van der Waals surface area contributed by atoms with Crippen molar-refractivity contribution in [3.63, 3.8) is 0 Å². The minimum absolute atomic E-state index is 0. The maximum atomic E-state index is 10.3. The van der Waals surface area contributed by atoms with E-state index in [9.17, 15) is 4.79 Å². The number of nitrogens with zero attached hydrogens (tertiary/aromatic N) is 1. The van der Waals surface area contributed by atoms with Crippen LogP contribution >= 0.6 is 0 Å². The van der Waals surface area contributed by atoms with Crippen molar-refractivity contribution in [2.75, 3.05) is 13.1 Å². The fourth-order valence-electron chi connectivity index (χ4n) is 0.482. The molecule has 6 N–H and O–H groups in total. The molecular formula is C5H16NNaO4S. The van der Waals surface area contributed by atoms with Gasteiger partial charge in [0.2, 0.25) is 0 Å². The summed E-state index contributed by atoms with van der Waals surface area (Å²) in [6.45, 7) is 5.26. The Morgan fingerprint density at radius 3 is 1.42 bits per heavy atom. The summed E-state index contributed by atoms with van der Waals surface area (Å²) in [5, 5.41) is -0.255. The Balaban J connectivity index is -0.0000000408. The molecule has 0 fully saturated rings. The summed E-state index contributed by atoms with van der Waals surface area (Å²) in [6, 6.07) is 0. The zero-order chi connectivity index (χ0) is 6.57. The van der Waals surface area contributed by atoms with Gasteiger partial charge in [-0.2, -0.15) is 0 Å². The van der Waals surface area contributed by atoms with Crippen LogP contribution in [0.15, 0.2) is 0 Å². The van der Waals surface area contributed by atoms with Crippen molar-refractivity contribution in [3.8, 4) is 0 Å². The van der Waals surface area contributed by atoms with Crippen LogP contribution < -0.4 is 29.6 Å². The van der Waals surface area contributed by atoms with Gasteiger partial charge in [-0.1, -0.05) is 0 Å². The molecule has 0 spiro atoms. The van der Waals surface area contributed by atoms with Gasteiger partial charge in [0.05, 0.1) is 0 Å². The van der Waals surface area contributed by atoms with Gasteiger partial charge in [0.15, 0.2) is 0 Å². The van der Waals surface area contributed by atoms with Crippen LogP contribution in [0.4, 0.5) is 4.79 Å². The van der Waals surface area contributed by atoms with Crippen LogP contribution in [-0.2, 0) is 12.6 Å². The van der Waals surface area contributed by atoms with E-state index in [-0.39, 0.29) is 51.2 Å². The molecule has 0 heterocycles. The molecule has 0 aromatic heterocycles. The number of hydrogen-bond donors (Lipinski definition) is 0. The van der Waals surface area contributed by atoms with E-state index in [1.165, 1.54) is 0 Å². The second-order valence-electron chi connectivity index (χ2n) is 1.44. The van der Waals surface area contributed by atoms with Gasteiger partial charge in [-0.3, -0.25) is 0 Å². The number of carbonyl (C=O) groups is 1. The molecule has 0 aliphatic heterocycles. The summed E-state index contributed by atoms with van der Waals surface area (Å²) in [4.78, 5) is 11.9. The van der Waals surface area contributed by atoms with Crippen molar-refractivity contribution in [1.29, 1.82) is 0 Å². The van der Waals surface area contributed by atoms with E-state index in [4.69, 9.17) is 0 Å². The fraction of sp³-hybridized carbons (Fsp3) is 0.800. The van der Waals surface area contributed by atoms with Crippen molar-refractivity contribution in [2.45, 2.75) is 13.8 Å². The molecule has 72 valence electrons. The van der Waals surface area contributed by atoms with Gasteiger partial charge < -0.3 is 38.8 Å². The molecule has 0 saturated heterocycles. The molecule has 0 aromatic rings. The van der Waals surface area contributed by atoms with E-state index in [2.05, 4.69) is 12.6 Å². The van der Waals surface area contributed by atoms with Gasteiger partial charge >= 0.3 is 29.6 Å². The molecule has 5 nitrogen and oxygen atoms in total. The van der Waals surface area contributed by atoms with Gasteiger partial charge in [0.25, 0.3) is 0 Å². The number of hydrogen-bond acceptors (Lipinski definition) is 2. The SMILES string of the molecule is CCN(CC)C(=O)[S-].O.O.O.[Na+]. The number of rotatable bonds is 2. The van der Waals surface area contributed by atoms with Crippen LogP contribution in [-0.4, -0.2) is 39.7 Å². The maximum absolute atomic E-state index is 10.3. The van der Waals surface area contributed by atoms with E-state index in [1.807, 2.05) is 13.8 Å². The Bertz CT molecular complexity index is 91.5. The number of carbonyl (C=O) groups excluding carboxylic acids is 1. The smallest absolute Gasteiger partial charge is 0.719 e. The van der Waals surface area contributed by atoms with Gasteiger partial charge in [0.1, 0.15) is 5.24 Å². The third-order valence-corrected chi connectivity index (χ3v) is 1.28. The van der Waals surface area contributed by atoms with Gasteiger partial charge in [-0.05, 0) is 13.8 Å². The topological polar surface area (TPSA) is 115 Å². The Hall–Kier alpha value is 0.570. The molecule has 7 heteroatoms. The monoisotopic (exact) mass is 209 g/mol. The van der Waals surface area contributed by atoms with Gasteiger partial charge in [-0.15, -0.1) is 0 Å². The Kier molecular flexibility index (Phi) is 43.1. The van der Waals surface area contributed by atoms with Crippen LogP contribution in [0.25, 0.3) is 0 Å². The third-order valence-electron chi connectivity index (χ3n) is 1.02. The molecule has 0 aliphatic carbocycles. The average Bonchev–Trinajstić information content (AvgIpc) is 1.69. The molecule has 0 atom stereocenters. The first-order valence-corrected chi connectivity index (χ1v) is 3.09. The minimum Gasteiger partial charge on any atom is -0.719 e. The second-order valence-corrected chi connectivity index (χ2v) is 1.79. The minimum atomic E-state index is -0.255. The molecule has 0 unspecified atom stereocenters. The van der Waals surface area contributed by atoms with Crippen LogP contribution in [0.1, 0.15) is 13.8 Å². The largest absolute Gasteiger partial charge is 1.00 e. The first-order chi connectivity index (χ1) is 3.72. The normalized spacial score (nSPS) is 5.83. The van der Waals surface area contributed by atoms with Crippen molar-refractivity contribution < 1.29 is 50.8 Å². The molecule has 0 radical (unpaired) electrons. The first-order valence-electron chi connectivity index (χ1n) is 2.68. The fourth-order valence-corrected chi connectivity index (χ4v) is 0.740. The van der Waals surface area contributed by atoms with Crippen molar-refractivity contribution in [1.82, 2.24) is 4.90 Å². The second kappa shape index (κ2) is 17.6. The summed E-state index contributed by atoms with van der Waals surface area (Å²) in [5.41, 5.74) is 0. The molecular weight excluding hydrogens is 193 g/mol. The number of amides is 1. The average molecular weight is 209 g/mol. The van der Waals surface area contributed by atoms with Crippen LogP contribution in [0.2, 0.25) is 0 Å². The molecule has 0 aliphatic rings. The van der Waals surface area contributed by atoms with Gasteiger partial charge in [-0.25, -0.2) is 0 Å². The van der Waals surface area contributed by atoms with Crippen LogP contribution in [0.5, 0.6) is 0 Å². The third kappa shape index (κ3) is 13.2. The van der Waals surface area contributed by atoms with Crippen molar-refractivity contribution in [3.05, 3.63) is 0 Å². The predicted molar refractivity (Wildman–Crippen MR) is 46.5 cm³/mol. The van der Waals surface area contributed by atoms with Gasteiger partial charge in [0, 0.05) is 13.1 Å². The summed E-state index contributed by atoms with van der Waals surface area (Å²) in [5.74, 6) is 0. The molecule has 0 rings (SSSR count). The summed E-state index contributed by atoms with van der Waals surface area (Å²) in [7, 11) is 0. The summed E-state index contributed by atoms with van der Waals surface area (Å²) < 4.78 is 0. The van der Waals surface area contributed by atoms with Crippen molar-refractivity contribution >= 4 is 17.9 Å². The zero-order valence-corrected chi connectivity index (χ0v) is 10.5. The molecule has 0 aromatic carbocycles. The van der Waals surface area contributed by atoms with E-state index >= 15 is 0 Å². The van der Waals surface area contributed by atoms with Crippen LogP contribution in [0, 0.1) is 0 Å². The zero-order valence-electron chi connectivity index (χ0n) is 7.68. The summed E-state index contributed by atoms with van der Waals surface area (Å²) in [6.07, 6.45) is 0. The quantitative estimate of drug-likeness (QED) is 0.337. The Morgan fingerprint density at radius 2 is 1.42 bits per heavy atom. The standard InChI is InChI=1S/C5H11NOS.Na.3H2O/c1-3-6(4-2)5(7)8;;;;/h3-4H2,1-2H3,(H,7,8);;3*1H2/q;+1;;;/p-1. The van der Waals surface area contributed by atoms with E-state index < -0.39 is 0 Å². The maximum Gasteiger partial charge on any atom is 1.00 e. The molecule has 1 amide bonds. The van der Waals surface area contributed by atoms with Crippen LogP contribution in [0.3, 0.4) is 0 Å².